The summed E-state index contributed by atoms with van der Waals surface area (Å²) in [6.07, 6.45) is 5.81. The Morgan fingerprint density at radius 3 is 1.54 bits per heavy atom. The monoisotopic (exact) mass is 1470 g/mol. The van der Waals surface area contributed by atoms with Gasteiger partial charge in [-0.05, 0) is 133 Å². The lowest BCUT2D eigenvalue weighted by Crippen LogP contribution is -2.61. The van der Waals surface area contributed by atoms with Gasteiger partial charge in [0.15, 0.2) is 0 Å². The zero-order valence-corrected chi connectivity index (χ0v) is 61.6. The highest BCUT2D eigenvalue weighted by Gasteiger charge is 2.48. The van der Waals surface area contributed by atoms with Crippen LogP contribution in [0.2, 0.25) is 0 Å². The molecule has 0 radical (unpaired) electrons. The van der Waals surface area contributed by atoms with Gasteiger partial charge in [0, 0.05) is 56.8 Å². The molecule has 107 heavy (non-hydrogen) atoms. The van der Waals surface area contributed by atoms with Crippen LogP contribution in [0.4, 0.5) is 0 Å². The molecule has 11 N–H and O–H groups in total. The van der Waals surface area contributed by atoms with E-state index < -0.39 is 143 Å². The molecule has 568 valence electrons. The van der Waals surface area contributed by atoms with Gasteiger partial charge in [0.2, 0.25) is 47.3 Å². The van der Waals surface area contributed by atoms with E-state index in [1.54, 1.807) is 91.2 Å². The Bertz CT molecular complexity index is 4250. The quantitative estimate of drug-likeness (QED) is 0.0614. The Hall–Kier alpha value is -10.6. The molecule has 6 aromatic rings. The average Bonchev–Trinajstić information content (AvgIpc) is 1.69. The topological polar surface area (TPSA) is 361 Å². The van der Waals surface area contributed by atoms with Gasteiger partial charge in [-0.3, -0.25) is 43.2 Å². The molecule has 6 heterocycles. The predicted molar refractivity (Wildman–Crippen MR) is 401 cm³/mol. The van der Waals surface area contributed by atoms with E-state index >= 15 is 19.2 Å². The first-order valence-corrected chi connectivity index (χ1v) is 36.8. The lowest BCUT2D eigenvalue weighted by atomic mass is 9.83. The van der Waals surface area contributed by atoms with E-state index in [1.807, 2.05) is 78.9 Å². The number of hydrogen-bond acceptors (Lipinski definition) is 15. The molecule has 26 nitrogen and oxygen atoms in total. The number of likely N-dealkylation sites (tertiary alicyclic amines) is 2. The fourth-order valence-corrected chi connectivity index (χ4v) is 14.3. The van der Waals surface area contributed by atoms with Crippen LogP contribution in [0, 0.1) is 11.3 Å². The second-order valence-electron chi connectivity index (χ2n) is 29.5. The first-order valence-electron chi connectivity index (χ1n) is 36.8. The number of carbonyl (C=O) groups is 11. The molecular formula is C81H99N11O15. The summed E-state index contributed by atoms with van der Waals surface area (Å²) in [6, 6.07) is 25.8. The molecule has 7 aliphatic rings. The molecule has 2 saturated heterocycles. The molecule has 0 aromatic heterocycles. The summed E-state index contributed by atoms with van der Waals surface area (Å²) in [5.41, 5.74) is 1.33. The van der Waals surface area contributed by atoms with Gasteiger partial charge >= 0.3 is 11.9 Å². The Morgan fingerprint density at radius 2 is 1.03 bits per heavy atom. The van der Waals surface area contributed by atoms with Gasteiger partial charge in [0.05, 0.1) is 24.8 Å². The van der Waals surface area contributed by atoms with Crippen molar-refractivity contribution in [2.24, 2.45) is 11.3 Å². The number of hydrogen-bond donors (Lipinski definition) is 11. The number of carbonyl (C=O) groups excluding carboxylic acids is 9. The third-order valence-corrected chi connectivity index (χ3v) is 20.8. The maximum atomic E-state index is 15.3. The van der Waals surface area contributed by atoms with Crippen LogP contribution in [0.5, 0.6) is 5.75 Å². The summed E-state index contributed by atoms with van der Waals surface area (Å²) in [5, 5.41) is 50.8. The van der Waals surface area contributed by atoms with Crippen LogP contribution in [0.3, 0.4) is 0 Å². The van der Waals surface area contributed by atoms with E-state index in [0.29, 0.717) is 40.8 Å². The normalized spacial score (nSPS) is 23.4. The molecule has 1 saturated carbocycles. The summed E-state index contributed by atoms with van der Waals surface area (Å²) < 4.78 is 12.4. The first-order chi connectivity index (χ1) is 51.2. The van der Waals surface area contributed by atoms with Crippen LogP contribution >= 0.6 is 0 Å². The molecule has 26 heteroatoms. The molecule has 1 aliphatic carbocycles. The maximum absolute atomic E-state index is 15.3. The Labute approximate surface area is 622 Å². The number of carboxylic acid groups (broad SMARTS) is 2. The van der Waals surface area contributed by atoms with Gasteiger partial charge < -0.3 is 77.3 Å². The number of fused-ring (bicyclic) bond motifs is 2. The molecule has 0 unspecified atom stereocenters. The zero-order chi connectivity index (χ0) is 76.6. The third kappa shape index (κ3) is 20.7. The first kappa shape index (κ1) is 79.0. The van der Waals surface area contributed by atoms with Gasteiger partial charge in [0.25, 0.3) is 5.91 Å². The van der Waals surface area contributed by atoms with Crippen LogP contribution in [-0.4, -0.2) is 198 Å². The summed E-state index contributed by atoms with van der Waals surface area (Å²) in [4.78, 5) is 161. The fourth-order valence-electron chi connectivity index (χ4n) is 14.3. The van der Waals surface area contributed by atoms with Crippen molar-refractivity contribution in [3.05, 3.63) is 173 Å². The highest BCUT2D eigenvalue weighted by molar-refractivity contribution is 5.99. The van der Waals surface area contributed by atoms with Crippen molar-refractivity contribution in [3.8, 4) is 5.75 Å². The number of likely N-dealkylation sites (N-methyl/N-ethyl adjacent to an activating group) is 2. The molecule has 6 aliphatic heterocycles. The maximum Gasteiger partial charge on any atom is 0.326 e. The molecule has 8 bridgehead atoms. The number of carboxylic acids is 2. The SMILES string of the molecule is CN[C@@H](C)C(=O)N[C@H](C(=O)N1C[C@@H]2C[C@H]1C(=O)N[C@@H](Cc1ccc3ccccc3c1)C(=O)N[C@H](C(=O)O)Cc1ccc(cc1)C(=O)N[C@H]1C[C@@H](C(=O)N[C@@H](Cc3ccc4ccccc4c3)C(=O)N[C@H](C(=O)O)Cc3ccc(cc3)OC/C=C/CO2)N(C(=O)[C@@H](NC(=O)[C@H](C)NC)C(C)(C)C)C1)C1CCCCC1. The van der Waals surface area contributed by atoms with Crippen LogP contribution in [-0.2, 0) is 78.4 Å². The van der Waals surface area contributed by atoms with Crippen LogP contribution in [0.1, 0.15) is 112 Å². The second kappa shape index (κ2) is 36.1. The van der Waals surface area contributed by atoms with E-state index in [2.05, 4.69) is 47.9 Å². The molecule has 0 spiro atoms. The average molecular weight is 1470 g/mol. The highest BCUT2D eigenvalue weighted by atomic mass is 16.5. The van der Waals surface area contributed by atoms with Crippen molar-refractivity contribution in [1.82, 2.24) is 57.7 Å². The lowest BCUT2D eigenvalue weighted by Gasteiger charge is -2.36. The lowest BCUT2D eigenvalue weighted by molar-refractivity contribution is -0.145. The molecule has 13 rings (SSSR count). The minimum atomic E-state index is -1.58. The Kier molecular flexibility index (Phi) is 26.7. The van der Waals surface area contributed by atoms with Crippen molar-refractivity contribution in [3.63, 3.8) is 0 Å². The number of aliphatic carboxylic acids is 2. The largest absolute Gasteiger partial charge is 0.490 e. The number of amides is 9. The van der Waals surface area contributed by atoms with Crippen molar-refractivity contribution < 1.29 is 72.4 Å². The van der Waals surface area contributed by atoms with Gasteiger partial charge in [-0.25, -0.2) is 9.59 Å². The summed E-state index contributed by atoms with van der Waals surface area (Å²) in [5.74, 6) is -8.44. The van der Waals surface area contributed by atoms with E-state index in [4.69, 9.17) is 9.47 Å². The van der Waals surface area contributed by atoms with Gasteiger partial charge in [0.1, 0.15) is 60.7 Å². The van der Waals surface area contributed by atoms with Gasteiger partial charge in [-0.15, -0.1) is 0 Å². The summed E-state index contributed by atoms with van der Waals surface area (Å²) in [7, 11) is 3.23. The molecule has 6 aromatic carbocycles. The number of ether oxygens (including phenoxy) is 2. The van der Waals surface area contributed by atoms with Crippen molar-refractivity contribution >= 4 is 86.6 Å². The van der Waals surface area contributed by atoms with Crippen molar-refractivity contribution in [2.45, 2.75) is 178 Å². The van der Waals surface area contributed by atoms with Crippen molar-refractivity contribution in [1.29, 1.82) is 0 Å². The number of benzene rings is 6. The number of nitrogens with one attached hydrogen (secondary N) is 9. The second-order valence-corrected chi connectivity index (χ2v) is 29.5. The molecular weight excluding hydrogens is 1370 g/mol. The minimum Gasteiger partial charge on any atom is -0.490 e. The van der Waals surface area contributed by atoms with E-state index in [-0.39, 0.29) is 76.3 Å². The number of rotatable bonds is 15. The number of nitrogens with zero attached hydrogens (tertiary/aromatic N) is 2. The summed E-state index contributed by atoms with van der Waals surface area (Å²) >= 11 is 0. The highest BCUT2D eigenvalue weighted by Crippen LogP contribution is 2.32. The molecule has 9 amide bonds. The van der Waals surface area contributed by atoms with Crippen LogP contribution < -0.4 is 52.6 Å². The molecule has 3 fully saturated rings. The van der Waals surface area contributed by atoms with Gasteiger partial charge in [-0.2, -0.15) is 0 Å². The van der Waals surface area contributed by atoms with E-state index in [9.17, 15) is 43.8 Å². The molecule has 12 atom stereocenters. The predicted octanol–water partition coefficient (Wildman–Crippen LogP) is 4.82. The fraction of sp³-hybridized carbons (Fsp3) is 0.444. The van der Waals surface area contributed by atoms with Gasteiger partial charge in [-0.1, -0.05) is 155 Å². The van der Waals surface area contributed by atoms with Crippen LogP contribution in [0.25, 0.3) is 21.5 Å². The third-order valence-electron chi connectivity index (χ3n) is 20.8. The Balaban J connectivity index is 0.975. The zero-order valence-electron chi connectivity index (χ0n) is 61.6. The standard InChI is InChI=1S/C81H99N11O15/c1-47(82-6)70(93)89-68(55-19-9-8-10-20-55)77(100)92-46-61-44-67(92)76(99)86-63(42-52-26-30-54-18-12-14-22-58(54)38-52)74(97)87-64(79(102)103)39-49-23-31-56(32-24-49)72(95)84-59-43-66(91(45-59)78(101)69(81(3,4)5)90-71(94)48(2)83-7)75(98)85-62(41-51-25-29-53-17-11-13-21-57(53)37-51)73(96)88-65(80(104)105)40-50-27-33-60(34-28-50)106-35-15-16-36-107-61/h11-18,21-34,37-38,47-48,55,59,61-69,82-83H,8-10,19-20,35-36,39-46H2,1-7H3,(H,84,95)(H,85,98)(H,86,99)(H,87,97)(H,88,96)(H,89,93)(H,90,94)(H,102,103)(H,104,105)/b16-15+/t47-,48-,59-,61-,62-,63-,64-,65-,66-,67-,68-,69+/m0/s1. The summed E-state index contributed by atoms with van der Waals surface area (Å²) in [6.45, 7) is 8.35. The van der Waals surface area contributed by atoms with E-state index in [0.717, 1.165) is 40.8 Å². The van der Waals surface area contributed by atoms with Crippen molar-refractivity contribution in [2.75, 3.05) is 40.4 Å². The smallest absolute Gasteiger partial charge is 0.326 e. The van der Waals surface area contributed by atoms with E-state index in [1.165, 1.54) is 34.1 Å². The van der Waals surface area contributed by atoms with Crippen LogP contribution in [0.15, 0.2) is 146 Å². The minimum absolute atomic E-state index is 0.00753. The Morgan fingerprint density at radius 1 is 0.542 bits per heavy atom.